The SMILES string of the molecule is CCC(CC)(n1c2ccccc2c2cc(/C=C/c3ccc(/C=C/c4ccc5c(c4)c4ccccc4n5CCP(=O)(O)O)s3)ccc21)C(CC)(CC)P(=O)(O)O. The Morgan fingerprint density at radius 1 is 0.582 bits per heavy atom. The Labute approximate surface area is 325 Å². The first-order chi connectivity index (χ1) is 26.3. The highest BCUT2D eigenvalue weighted by molar-refractivity contribution is 7.53. The van der Waals surface area contributed by atoms with E-state index in [4.69, 9.17) is 0 Å². The molecule has 0 bridgehead atoms. The lowest BCUT2D eigenvalue weighted by atomic mass is 9.74. The van der Waals surface area contributed by atoms with Crippen LogP contribution < -0.4 is 0 Å². The predicted octanol–water partition coefficient (Wildman–Crippen LogP) is 11.7. The molecule has 0 aliphatic heterocycles. The lowest BCUT2D eigenvalue weighted by molar-refractivity contribution is 0.142. The molecule has 11 heteroatoms. The monoisotopic (exact) mass is 794 g/mol. The maximum atomic E-state index is 13.4. The van der Waals surface area contributed by atoms with Gasteiger partial charge in [0.2, 0.25) is 0 Å². The third kappa shape index (κ3) is 6.91. The fourth-order valence-corrected chi connectivity index (χ4v) is 12.2. The number of para-hydroxylation sites is 2. The van der Waals surface area contributed by atoms with Crippen LogP contribution in [0.3, 0.4) is 0 Å². The summed E-state index contributed by atoms with van der Waals surface area (Å²) in [6.07, 6.45) is 10.1. The molecule has 0 atom stereocenters. The van der Waals surface area contributed by atoms with Crippen molar-refractivity contribution in [3.8, 4) is 0 Å². The van der Waals surface area contributed by atoms with Gasteiger partial charge in [0, 0.05) is 59.9 Å². The van der Waals surface area contributed by atoms with Crippen molar-refractivity contribution in [2.45, 2.75) is 70.6 Å². The normalized spacial score (nSPS) is 13.5. The minimum atomic E-state index is -4.52. The number of nitrogens with zero attached hydrogens (tertiary/aromatic N) is 2. The van der Waals surface area contributed by atoms with E-state index in [-0.39, 0.29) is 12.7 Å². The number of fused-ring (bicyclic) bond motifs is 6. The van der Waals surface area contributed by atoms with Crippen molar-refractivity contribution in [3.05, 3.63) is 118 Å². The molecular formula is C44H48N2O6P2S. The Morgan fingerprint density at radius 2 is 1.05 bits per heavy atom. The van der Waals surface area contributed by atoms with E-state index < -0.39 is 25.9 Å². The Balaban J connectivity index is 1.18. The number of thiophene rings is 1. The molecule has 4 N–H and O–H groups in total. The van der Waals surface area contributed by atoms with Gasteiger partial charge in [-0.05, 0) is 97.5 Å². The lowest BCUT2D eigenvalue weighted by Crippen LogP contribution is -2.54. The van der Waals surface area contributed by atoms with E-state index in [0.717, 1.165) is 64.5 Å². The number of aryl methyl sites for hydroxylation is 1. The second-order valence-electron chi connectivity index (χ2n) is 14.4. The van der Waals surface area contributed by atoms with Crippen LogP contribution in [0.4, 0.5) is 0 Å². The minimum Gasteiger partial charge on any atom is -0.340 e. The molecule has 8 nitrogen and oxygen atoms in total. The molecule has 0 saturated carbocycles. The molecule has 3 aromatic heterocycles. The van der Waals surface area contributed by atoms with Crippen LogP contribution in [0, 0.1) is 0 Å². The highest BCUT2D eigenvalue weighted by atomic mass is 32.1. The molecule has 0 aliphatic carbocycles. The van der Waals surface area contributed by atoms with Gasteiger partial charge < -0.3 is 28.7 Å². The highest BCUT2D eigenvalue weighted by Crippen LogP contribution is 2.65. The Bertz CT molecular complexity index is 2680. The van der Waals surface area contributed by atoms with Crippen molar-refractivity contribution < 1.29 is 28.7 Å². The van der Waals surface area contributed by atoms with Gasteiger partial charge in [0.15, 0.2) is 0 Å². The van der Waals surface area contributed by atoms with Crippen LogP contribution in [0.5, 0.6) is 0 Å². The van der Waals surface area contributed by atoms with Crippen LogP contribution in [0.25, 0.3) is 67.9 Å². The molecule has 0 aliphatic rings. The predicted molar refractivity (Wildman–Crippen MR) is 232 cm³/mol. The van der Waals surface area contributed by atoms with Gasteiger partial charge in [0.05, 0.1) is 16.9 Å². The van der Waals surface area contributed by atoms with E-state index >= 15 is 0 Å². The summed E-state index contributed by atoms with van der Waals surface area (Å²) in [6.45, 7) is 8.17. The molecule has 0 unspecified atom stereocenters. The summed E-state index contributed by atoms with van der Waals surface area (Å²) in [5, 5.41) is 3.01. The standard InChI is InChI=1S/C44H48N2O6P2S/c1-5-43(6-2,44(7-3,8-4)54(50,51)52)46-41-16-12-10-14-36(41)38-30-32(20-26-42(38)46)18-22-34-24-23-33(55-34)21-17-31-19-25-40-37(29-31)35-13-9-11-15-39(35)45(40)27-28-53(47,48)49/h9-26,29-30H,5-8,27-28H2,1-4H3,(H2,47,48,49)(H2,50,51,52)/b21-17+,22-18+. The van der Waals surface area contributed by atoms with Gasteiger partial charge in [-0.15, -0.1) is 11.3 Å². The van der Waals surface area contributed by atoms with Crippen molar-refractivity contribution in [2.75, 3.05) is 6.16 Å². The molecule has 0 amide bonds. The van der Waals surface area contributed by atoms with E-state index in [9.17, 15) is 28.7 Å². The first-order valence-electron chi connectivity index (χ1n) is 18.9. The van der Waals surface area contributed by atoms with E-state index in [1.165, 1.54) is 0 Å². The third-order valence-electron chi connectivity index (χ3n) is 11.8. The maximum Gasteiger partial charge on any atom is 0.333 e. The molecule has 286 valence electrons. The van der Waals surface area contributed by atoms with Crippen LogP contribution in [-0.2, 0) is 21.2 Å². The molecule has 0 saturated heterocycles. The fourth-order valence-electron chi connectivity index (χ4n) is 9.13. The zero-order valence-electron chi connectivity index (χ0n) is 31.6. The topological polar surface area (TPSA) is 125 Å². The first kappa shape index (κ1) is 39.2. The molecule has 4 aromatic carbocycles. The van der Waals surface area contributed by atoms with Crippen molar-refractivity contribution >= 4 is 94.4 Å². The van der Waals surface area contributed by atoms with Gasteiger partial charge in [0.25, 0.3) is 0 Å². The van der Waals surface area contributed by atoms with Gasteiger partial charge in [-0.1, -0.05) is 88.4 Å². The average Bonchev–Trinajstić information content (AvgIpc) is 3.86. The minimum absolute atomic E-state index is 0.213. The van der Waals surface area contributed by atoms with Gasteiger partial charge >= 0.3 is 15.2 Å². The summed E-state index contributed by atoms with van der Waals surface area (Å²) in [6, 6.07) is 33.0. The molecule has 7 aromatic rings. The van der Waals surface area contributed by atoms with Crippen LogP contribution >= 0.6 is 26.5 Å². The van der Waals surface area contributed by atoms with Crippen molar-refractivity contribution in [2.24, 2.45) is 0 Å². The van der Waals surface area contributed by atoms with Gasteiger partial charge in [-0.25, -0.2) is 0 Å². The van der Waals surface area contributed by atoms with E-state index in [1.807, 2.05) is 66.9 Å². The van der Waals surface area contributed by atoms with Crippen LogP contribution in [0.1, 0.15) is 74.3 Å². The quantitative estimate of drug-likeness (QED) is 0.0813. The van der Waals surface area contributed by atoms with E-state index in [1.54, 1.807) is 11.3 Å². The van der Waals surface area contributed by atoms with Gasteiger partial charge in [-0.2, -0.15) is 0 Å². The first-order valence-corrected chi connectivity index (χ1v) is 23.1. The van der Waals surface area contributed by atoms with Crippen molar-refractivity contribution in [1.82, 2.24) is 9.13 Å². The molecule has 7 rings (SSSR count). The summed E-state index contributed by atoms with van der Waals surface area (Å²) in [4.78, 5) is 43.2. The smallest absolute Gasteiger partial charge is 0.333 e. The number of benzene rings is 4. The lowest BCUT2D eigenvalue weighted by Gasteiger charge is -2.51. The summed E-state index contributed by atoms with van der Waals surface area (Å²) < 4.78 is 29.3. The largest absolute Gasteiger partial charge is 0.340 e. The number of hydrogen-bond acceptors (Lipinski definition) is 3. The van der Waals surface area contributed by atoms with E-state index in [2.05, 4.69) is 91.2 Å². The molecule has 0 spiro atoms. The number of aromatic nitrogens is 2. The molecule has 0 fully saturated rings. The molecule has 0 radical (unpaired) electrons. The van der Waals surface area contributed by atoms with Gasteiger partial charge in [0.1, 0.15) is 0 Å². The average molecular weight is 795 g/mol. The number of rotatable bonds is 14. The zero-order chi connectivity index (χ0) is 39.2. The van der Waals surface area contributed by atoms with E-state index in [0.29, 0.717) is 25.7 Å². The summed E-state index contributed by atoms with van der Waals surface area (Å²) in [5.74, 6) is 0. The summed E-state index contributed by atoms with van der Waals surface area (Å²) >= 11 is 1.69. The summed E-state index contributed by atoms with van der Waals surface area (Å²) in [7, 11) is -8.65. The van der Waals surface area contributed by atoms with Gasteiger partial charge in [-0.3, -0.25) is 9.13 Å². The van der Waals surface area contributed by atoms with Crippen LogP contribution in [0.15, 0.2) is 97.1 Å². The highest BCUT2D eigenvalue weighted by Gasteiger charge is 2.59. The molecule has 3 heterocycles. The van der Waals surface area contributed by atoms with Crippen molar-refractivity contribution in [3.63, 3.8) is 0 Å². The Hall–Kier alpha value is -4.04. The zero-order valence-corrected chi connectivity index (χ0v) is 34.2. The maximum absolute atomic E-state index is 13.4. The van der Waals surface area contributed by atoms with Crippen LogP contribution in [0.2, 0.25) is 0 Å². The second-order valence-corrected chi connectivity index (χ2v) is 19.3. The Kier molecular flexibility index (Phi) is 10.8. The molecule has 55 heavy (non-hydrogen) atoms. The second kappa shape index (κ2) is 15.1. The van der Waals surface area contributed by atoms with Crippen LogP contribution in [-0.4, -0.2) is 40.0 Å². The third-order valence-corrected chi connectivity index (χ3v) is 15.8. The van der Waals surface area contributed by atoms with Crippen molar-refractivity contribution in [1.29, 1.82) is 0 Å². The summed E-state index contributed by atoms with van der Waals surface area (Å²) in [5.41, 5.74) is 5.15. The fraction of sp³-hybridized carbons (Fsp3) is 0.273. The number of hydrogen-bond donors (Lipinski definition) is 4. The Morgan fingerprint density at radius 3 is 1.58 bits per heavy atom. The molecular weight excluding hydrogens is 747 g/mol.